The summed E-state index contributed by atoms with van der Waals surface area (Å²) in [6.45, 7) is 9.29. The maximum Gasteiger partial charge on any atom is 0.410 e. The van der Waals surface area contributed by atoms with Crippen molar-refractivity contribution in [3.63, 3.8) is 0 Å². The van der Waals surface area contributed by atoms with Gasteiger partial charge in [0, 0.05) is 19.6 Å². The van der Waals surface area contributed by atoms with Crippen molar-refractivity contribution >= 4 is 6.09 Å². The average Bonchev–Trinajstić information content (AvgIpc) is 2.75. The number of hydrogen-bond donors (Lipinski definition) is 1. The van der Waals surface area contributed by atoms with Gasteiger partial charge < -0.3 is 15.0 Å². The van der Waals surface area contributed by atoms with E-state index in [0.29, 0.717) is 6.54 Å². The lowest BCUT2D eigenvalue weighted by molar-refractivity contribution is 0.0265. The molecule has 0 aromatic carbocycles. The zero-order valence-electron chi connectivity index (χ0n) is 15.2. The number of carbonyl (C=O) groups excluding carboxylic acids is 1. The van der Waals surface area contributed by atoms with Crippen LogP contribution in [-0.2, 0) is 4.74 Å². The molecule has 0 atom stereocenters. The van der Waals surface area contributed by atoms with Gasteiger partial charge in [0.25, 0.3) is 0 Å². The van der Waals surface area contributed by atoms with Crippen LogP contribution in [-0.4, -0.2) is 42.8 Å². The van der Waals surface area contributed by atoms with Crippen LogP contribution in [0.25, 0.3) is 0 Å². The standard InChI is InChI=1S/C19H34N2O2/c1-19(2,3)23-18(22)21-12-10-17(11-13-21)15-20-14-16-8-6-4-5-7-9-16/h10,16,20H,4-9,11-15H2,1-3H3. The van der Waals surface area contributed by atoms with Crippen LogP contribution in [0.4, 0.5) is 4.79 Å². The fourth-order valence-corrected chi connectivity index (χ4v) is 3.37. The lowest BCUT2D eigenvalue weighted by Crippen LogP contribution is -2.40. The molecule has 1 aliphatic heterocycles. The second-order valence-corrected chi connectivity index (χ2v) is 8.03. The maximum absolute atomic E-state index is 12.0. The topological polar surface area (TPSA) is 41.6 Å². The number of nitrogens with one attached hydrogen (secondary N) is 1. The Bertz CT molecular complexity index is 404. The Balaban J connectivity index is 1.67. The fourth-order valence-electron chi connectivity index (χ4n) is 3.37. The summed E-state index contributed by atoms with van der Waals surface area (Å²) in [5, 5.41) is 3.63. The van der Waals surface area contributed by atoms with E-state index in [1.165, 1.54) is 44.1 Å². The molecule has 0 radical (unpaired) electrons. The number of rotatable bonds is 4. The van der Waals surface area contributed by atoms with Crippen molar-refractivity contribution in [1.29, 1.82) is 0 Å². The van der Waals surface area contributed by atoms with E-state index in [1.807, 2.05) is 20.8 Å². The largest absolute Gasteiger partial charge is 0.444 e. The number of amides is 1. The highest BCUT2D eigenvalue weighted by Crippen LogP contribution is 2.22. The third-order valence-electron chi connectivity index (χ3n) is 4.71. The lowest BCUT2D eigenvalue weighted by atomic mass is 10.00. The summed E-state index contributed by atoms with van der Waals surface area (Å²) in [7, 11) is 0. The van der Waals surface area contributed by atoms with Gasteiger partial charge in [0.1, 0.15) is 5.60 Å². The van der Waals surface area contributed by atoms with E-state index in [2.05, 4.69) is 11.4 Å². The minimum absolute atomic E-state index is 0.195. The van der Waals surface area contributed by atoms with Crippen molar-refractivity contribution in [3.05, 3.63) is 11.6 Å². The molecule has 4 nitrogen and oxygen atoms in total. The molecule has 23 heavy (non-hydrogen) atoms. The third-order valence-corrected chi connectivity index (χ3v) is 4.71. The molecule has 1 fully saturated rings. The van der Waals surface area contributed by atoms with E-state index in [0.717, 1.165) is 32.0 Å². The SMILES string of the molecule is CC(C)(C)OC(=O)N1CC=C(CNCC2CCCCCC2)CC1. The van der Waals surface area contributed by atoms with Crippen LogP contribution in [0, 0.1) is 5.92 Å². The van der Waals surface area contributed by atoms with Crippen molar-refractivity contribution in [2.75, 3.05) is 26.2 Å². The van der Waals surface area contributed by atoms with Gasteiger partial charge in [-0.1, -0.05) is 37.3 Å². The molecule has 1 aliphatic carbocycles. The summed E-state index contributed by atoms with van der Waals surface area (Å²) in [6, 6.07) is 0. The first-order chi connectivity index (χ1) is 10.9. The minimum atomic E-state index is -0.415. The molecule has 0 spiro atoms. The molecule has 1 saturated carbocycles. The van der Waals surface area contributed by atoms with Gasteiger partial charge in [-0.15, -0.1) is 0 Å². The van der Waals surface area contributed by atoms with Gasteiger partial charge in [0.05, 0.1) is 0 Å². The fraction of sp³-hybridized carbons (Fsp3) is 0.842. The summed E-state index contributed by atoms with van der Waals surface area (Å²) in [6.07, 6.45) is 11.4. The number of nitrogens with zero attached hydrogens (tertiary/aromatic N) is 1. The first-order valence-corrected chi connectivity index (χ1v) is 9.30. The van der Waals surface area contributed by atoms with Gasteiger partial charge in [-0.25, -0.2) is 4.79 Å². The minimum Gasteiger partial charge on any atom is -0.444 e. The van der Waals surface area contributed by atoms with Gasteiger partial charge in [0.2, 0.25) is 0 Å². The van der Waals surface area contributed by atoms with Crippen molar-refractivity contribution in [3.8, 4) is 0 Å². The molecular weight excluding hydrogens is 288 g/mol. The van der Waals surface area contributed by atoms with E-state index >= 15 is 0 Å². The van der Waals surface area contributed by atoms with Crippen LogP contribution in [0.2, 0.25) is 0 Å². The lowest BCUT2D eigenvalue weighted by Gasteiger charge is -2.29. The molecule has 1 heterocycles. The van der Waals surface area contributed by atoms with Crippen LogP contribution in [0.3, 0.4) is 0 Å². The van der Waals surface area contributed by atoms with Gasteiger partial charge in [0.15, 0.2) is 0 Å². The summed E-state index contributed by atoms with van der Waals surface area (Å²) in [5.41, 5.74) is 1.01. The number of carbonyl (C=O) groups is 1. The molecule has 2 aliphatic rings. The van der Waals surface area contributed by atoms with Crippen LogP contribution in [0.1, 0.15) is 65.7 Å². The molecule has 2 rings (SSSR count). The summed E-state index contributed by atoms with van der Waals surface area (Å²) in [5.74, 6) is 0.861. The van der Waals surface area contributed by atoms with E-state index in [9.17, 15) is 4.79 Å². The molecule has 0 aromatic heterocycles. The van der Waals surface area contributed by atoms with E-state index in [4.69, 9.17) is 4.74 Å². The quantitative estimate of drug-likeness (QED) is 0.625. The Morgan fingerprint density at radius 2 is 1.96 bits per heavy atom. The van der Waals surface area contributed by atoms with Crippen LogP contribution in [0.15, 0.2) is 11.6 Å². The molecule has 0 saturated heterocycles. The molecular formula is C19H34N2O2. The van der Waals surface area contributed by atoms with E-state index in [-0.39, 0.29) is 6.09 Å². The van der Waals surface area contributed by atoms with Crippen LogP contribution < -0.4 is 5.32 Å². The van der Waals surface area contributed by atoms with Gasteiger partial charge in [-0.3, -0.25) is 0 Å². The maximum atomic E-state index is 12.0. The first-order valence-electron chi connectivity index (χ1n) is 9.30. The molecule has 4 heteroatoms. The molecule has 132 valence electrons. The van der Waals surface area contributed by atoms with Gasteiger partial charge in [-0.2, -0.15) is 0 Å². The number of ether oxygens (including phenoxy) is 1. The summed E-state index contributed by atoms with van der Waals surface area (Å²) in [4.78, 5) is 13.8. The average molecular weight is 322 g/mol. The molecule has 0 bridgehead atoms. The predicted molar refractivity (Wildman–Crippen MR) is 94.6 cm³/mol. The molecule has 0 aromatic rings. The summed E-state index contributed by atoms with van der Waals surface area (Å²) < 4.78 is 5.43. The first kappa shape index (κ1) is 18.3. The Kier molecular flexibility index (Phi) is 6.94. The van der Waals surface area contributed by atoms with Crippen LogP contribution >= 0.6 is 0 Å². The highest BCUT2D eigenvalue weighted by atomic mass is 16.6. The molecule has 1 N–H and O–H groups in total. The predicted octanol–water partition coefficient (Wildman–Crippen LogP) is 4.11. The second kappa shape index (κ2) is 8.72. The zero-order chi connectivity index (χ0) is 16.7. The third kappa shape index (κ3) is 6.94. The Labute approximate surface area is 141 Å². The van der Waals surface area contributed by atoms with Crippen LogP contribution in [0.5, 0.6) is 0 Å². The van der Waals surface area contributed by atoms with Gasteiger partial charge in [-0.05, 0) is 52.5 Å². The zero-order valence-corrected chi connectivity index (χ0v) is 15.2. The monoisotopic (exact) mass is 322 g/mol. The number of hydrogen-bond acceptors (Lipinski definition) is 3. The smallest absolute Gasteiger partial charge is 0.410 e. The van der Waals surface area contributed by atoms with Crippen molar-refractivity contribution < 1.29 is 9.53 Å². The van der Waals surface area contributed by atoms with Crippen molar-refractivity contribution in [1.82, 2.24) is 10.2 Å². The van der Waals surface area contributed by atoms with Crippen molar-refractivity contribution in [2.45, 2.75) is 71.3 Å². The van der Waals surface area contributed by atoms with E-state index in [1.54, 1.807) is 4.90 Å². The summed E-state index contributed by atoms with van der Waals surface area (Å²) >= 11 is 0. The van der Waals surface area contributed by atoms with Gasteiger partial charge >= 0.3 is 6.09 Å². The van der Waals surface area contributed by atoms with Crippen molar-refractivity contribution in [2.24, 2.45) is 5.92 Å². The van der Waals surface area contributed by atoms with E-state index < -0.39 is 5.60 Å². The Morgan fingerprint density at radius 1 is 1.26 bits per heavy atom. The Morgan fingerprint density at radius 3 is 2.52 bits per heavy atom. The second-order valence-electron chi connectivity index (χ2n) is 8.03. The molecule has 1 amide bonds. The highest BCUT2D eigenvalue weighted by Gasteiger charge is 2.23. The normalized spacial score (nSPS) is 20.8. The highest BCUT2D eigenvalue weighted by molar-refractivity contribution is 5.68. The Hall–Kier alpha value is -1.03. The molecule has 0 unspecified atom stereocenters.